The Morgan fingerprint density at radius 3 is 1.91 bits per heavy atom. The van der Waals surface area contributed by atoms with E-state index in [1.165, 1.54) is 0 Å². The summed E-state index contributed by atoms with van der Waals surface area (Å²) in [4.78, 5) is 55.5. The molecule has 45 heavy (non-hydrogen) atoms. The molecule has 2 N–H and O–H groups in total. The number of alkyl carbamates (subject to hydrolysis) is 1. The summed E-state index contributed by atoms with van der Waals surface area (Å²) in [6.45, 7) is 16.1. The molecule has 0 aliphatic rings. The molecule has 0 saturated heterocycles. The molecule has 0 bridgehead atoms. The Balaban J connectivity index is 2.57. The average Bonchev–Trinajstić information content (AvgIpc) is 2.96. The molecule has 4 unspecified atom stereocenters. The van der Waals surface area contributed by atoms with E-state index in [1.807, 2.05) is 56.3 Å². The fourth-order valence-electron chi connectivity index (χ4n) is 4.55. The lowest BCUT2D eigenvalue weighted by atomic mass is 9.95. The maximum Gasteiger partial charge on any atom is 0.408 e. The number of benzene rings is 2. The van der Waals surface area contributed by atoms with Crippen molar-refractivity contribution in [1.29, 1.82) is 0 Å². The lowest BCUT2D eigenvalue weighted by Crippen LogP contribution is -2.55. The number of hydrogen-bond donors (Lipinski definition) is 2. The number of nitrogens with zero attached hydrogens (tertiary/aromatic N) is 1. The van der Waals surface area contributed by atoms with Crippen molar-refractivity contribution < 1.29 is 28.7 Å². The first-order chi connectivity index (χ1) is 21.0. The van der Waals surface area contributed by atoms with Gasteiger partial charge in [0.2, 0.25) is 5.91 Å². The van der Waals surface area contributed by atoms with Crippen molar-refractivity contribution in [3.8, 4) is 12.5 Å². The Morgan fingerprint density at radius 1 is 0.844 bits per heavy atom. The molecule has 2 rings (SSSR count). The van der Waals surface area contributed by atoms with Gasteiger partial charge in [0.15, 0.2) is 0 Å². The zero-order valence-electron chi connectivity index (χ0n) is 28.1. The number of amides is 3. The quantitative estimate of drug-likeness (QED) is 0.179. The van der Waals surface area contributed by atoms with Crippen LogP contribution in [0.2, 0.25) is 0 Å². The number of carbonyl (C=O) groups excluding carboxylic acids is 4. The van der Waals surface area contributed by atoms with Gasteiger partial charge < -0.3 is 20.1 Å². The average molecular weight is 620 g/mol. The smallest absolute Gasteiger partial charge is 0.408 e. The lowest BCUT2D eigenvalue weighted by Gasteiger charge is -2.33. The Hall–Kier alpha value is -4.32. The molecule has 0 saturated carbocycles. The molecule has 0 radical (unpaired) electrons. The molecule has 0 spiro atoms. The van der Waals surface area contributed by atoms with Gasteiger partial charge in [0.1, 0.15) is 29.3 Å². The molecule has 2 aromatic rings. The normalized spacial score (nSPS) is 14.1. The molecule has 3 amide bonds. The van der Waals surface area contributed by atoms with E-state index in [0.29, 0.717) is 12.0 Å². The second-order valence-corrected chi connectivity index (χ2v) is 13.1. The number of terminal acetylenes is 1. The van der Waals surface area contributed by atoms with Gasteiger partial charge in [-0.15, -0.1) is 0 Å². The van der Waals surface area contributed by atoms with Crippen LogP contribution in [0.4, 0.5) is 4.79 Å². The summed E-state index contributed by atoms with van der Waals surface area (Å²) in [5.74, 6) is -2.30. The van der Waals surface area contributed by atoms with E-state index in [0.717, 1.165) is 22.4 Å². The first-order valence-corrected chi connectivity index (χ1v) is 15.4. The molecule has 2 aromatic carbocycles. The van der Waals surface area contributed by atoms with Gasteiger partial charge in [-0.25, -0.2) is 9.59 Å². The first-order valence-electron chi connectivity index (χ1n) is 15.4. The SMILES string of the molecule is C#CN(C(=O)C(NC(=O)OC(C)(C)C)C(C)CC)C(C(=O)NC(Cc1ccccc1)C(=O)OC(C)(C)C)c1ccc(CC)cc1. The lowest BCUT2D eigenvalue weighted by molar-refractivity contribution is -0.159. The van der Waals surface area contributed by atoms with Crippen molar-refractivity contribution in [3.63, 3.8) is 0 Å². The van der Waals surface area contributed by atoms with Crippen LogP contribution in [0, 0.1) is 18.4 Å². The summed E-state index contributed by atoms with van der Waals surface area (Å²) in [5.41, 5.74) is 0.678. The standard InChI is InChI=1S/C36H49N3O6/c1-11-24(4)29(38-34(43)45-36(8,9)10)32(41)39(13-3)30(27-21-19-25(12-2)20-22-27)31(40)37-28(33(42)44-35(5,6)7)23-26-17-15-14-16-18-26/h3,14-22,24,28-30H,11-12,23H2,1-2,4-10H3,(H,37,40)(H,38,43). The maximum absolute atomic E-state index is 14.2. The van der Waals surface area contributed by atoms with E-state index in [1.54, 1.807) is 60.6 Å². The van der Waals surface area contributed by atoms with E-state index >= 15 is 0 Å². The first kappa shape index (κ1) is 36.9. The van der Waals surface area contributed by atoms with Crippen molar-refractivity contribution in [3.05, 3.63) is 71.3 Å². The van der Waals surface area contributed by atoms with Crippen LogP contribution in [0.1, 0.15) is 91.5 Å². The van der Waals surface area contributed by atoms with Crippen LogP contribution in [-0.2, 0) is 36.7 Å². The molecule has 4 atom stereocenters. The second-order valence-electron chi connectivity index (χ2n) is 13.1. The molecular formula is C36H49N3O6. The number of esters is 1. The number of hydrogen-bond acceptors (Lipinski definition) is 6. The summed E-state index contributed by atoms with van der Waals surface area (Å²) in [6, 6.07) is 15.3. The molecule has 0 fully saturated rings. The van der Waals surface area contributed by atoms with E-state index in [2.05, 4.69) is 16.7 Å². The summed E-state index contributed by atoms with van der Waals surface area (Å²) in [6.07, 6.45) is 6.63. The monoisotopic (exact) mass is 619 g/mol. The fourth-order valence-corrected chi connectivity index (χ4v) is 4.55. The molecule has 244 valence electrons. The van der Waals surface area contributed by atoms with Gasteiger partial charge in [0.05, 0.1) is 0 Å². The van der Waals surface area contributed by atoms with Gasteiger partial charge in [0, 0.05) is 12.5 Å². The predicted molar refractivity (Wildman–Crippen MR) is 175 cm³/mol. The van der Waals surface area contributed by atoms with Gasteiger partial charge in [0.25, 0.3) is 5.91 Å². The molecule has 0 aromatic heterocycles. The highest BCUT2D eigenvalue weighted by molar-refractivity contribution is 5.95. The Morgan fingerprint density at radius 2 is 1.42 bits per heavy atom. The third-order valence-corrected chi connectivity index (χ3v) is 7.03. The Labute approximate surface area is 268 Å². The van der Waals surface area contributed by atoms with Crippen LogP contribution < -0.4 is 10.6 Å². The van der Waals surface area contributed by atoms with Crippen LogP contribution >= 0.6 is 0 Å². The number of ether oxygens (including phenoxy) is 2. The highest BCUT2D eigenvalue weighted by atomic mass is 16.6. The summed E-state index contributed by atoms with van der Waals surface area (Å²) >= 11 is 0. The number of rotatable bonds is 12. The zero-order valence-corrected chi connectivity index (χ0v) is 28.1. The van der Waals surface area contributed by atoms with Crippen molar-refractivity contribution in [2.45, 2.75) is 111 Å². The molecular weight excluding hydrogens is 570 g/mol. The van der Waals surface area contributed by atoms with E-state index < -0.39 is 53.2 Å². The largest absolute Gasteiger partial charge is 0.458 e. The minimum Gasteiger partial charge on any atom is -0.458 e. The highest BCUT2D eigenvalue weighted by Gasteiger charge is 2.39. The summed E-state index contributed by atoms with van der Waals surface area (Å²) in [7, 11) is 0. The maximum atomic E-state index is 14.2. The van der Waals surface area contributed by atoms with E-state index in [4.69, 9.17) is 15.9 Å². The van der Waals surface area contributed by atoms with Gasteiger partial charge in [-0.1, -0.05) is 88.2 Å². The van der Waals surface area contributed by atoms with Crippen LogP contribution in [0.25, 0.3) is 0 Å². The summed E-state index contributed by atoms with van der Waals surface area (Å²) < 4.78 is 11.1. The minimum absolute atomic E-state index is 0.155. The van der Waals surface area contributed by atoms with Crippen molar-refractivity contribution in [2.24, 2.45) is 5.92 Å². The molecule has 0 aliphatic carbocycles. The van der Waals surface area contributed by atoms with Crippen LogP contribution in [0.5, 0.6) is 0 Å². The van der Waals surface area contributed by atoms with Crippen molar-refractivity contribution in [2.75, 3.05) is 0 Å². The minimum atomic E-state index is -1.32. The van der Waals surface area contributed by atoms with Crippen molar-refractivity contribution >= 4 is 23.9 Å². The van der Waals surface area contributed by atoms with Crippen LogP contribution in [-0.4, -0.2) is 52.1 Å². The third-order valence-electron chi connectivity index (χ3n) is 7.03. The molecule has 0 aliphatic heterocycles. The Kier molecular flexibility index (Phi) is 13.2. The second kappa shape index (κ2) is 16.1. The Bertz CT molecular complexity index is 1340. The summed E-state index contributed by atoms with van der Waals surface area (Å²) in [5, 5.41) is 5.49. The number of nitrogens with one attached hydrogen (secondary N) is 2. The number of aryl methyl sites for hydroxylation is 1. The van der Waals surface area contributed by atoms with Crippen molar-refractivity contribution in [1.82, 2.24) is 15.5 Å². The van der Waals surface area contributed by atoms with Crippen LogP contribution in [0.15, 0.2) is 54.6 Å². The fraction of sp³-hybridized carbons (Fsp3) is 0.500. The molecule has 9 nitrogen and oxygen atoms in total. The van der Waals surface area contributed by atoms with Gasteiger partial charge >= 0.3 is 12.1 Å². The number of carbonyl (C=O) groups is 4. The van der Waals surface area contributed by atoms with E-state index in [9.17, 15) is 19.2 Å². The topological polar surface area (TPSA) is 114 Å². The van der Waals surface area contributed by atoms with Gasteiger partial charge in [-0.05, 0) is 70.6 Å². The van der Waals surface area contributed by atoms with E-state index in [-0.39, 0.29) is 12.3 Å². The zero-order chi connectivity index (χ0) is 33.9. The highest BCUT2D eigenvalue weighted by Crippen LogP contribution is 2.25. The van der Waals surface area contributed by atoms with Gasteiger partial charge in [-0.3, -0.25) is 14.5 Å². The molecule has 0 heterocycles. The molecule has 9 heteroatoms. The van der Waals surface area contributed by atoms with Gasteiger partial charge in [-0.2, -0.15) is 0 Å². The third kappa shape index (κ3) is 11.6. The predicted octanol–water partition coefficient (Wildman–Crippen LogP) is 5.72. The van der Waals surface area contributed by atoms with Crippen LogP contribution in [0.3, 0.4) is 0 Å².